The Morgan fingerprint density at radius 3 is 2.93 bits per heavy atom. The maximum Gasteiger partial charge on any atom is 0.257 e. The number of carbonyl (C=O) groups excluding carboxylic acids is 1. The molecule has 2 aromatic heterocycles. The van der Waals surface area contributed by atoms with E-state index in [2.05, 4.69) is 32.8 Å². The van der Waals surface area contributed by atoms with Gasteiger partial charge >= 0.3 is 0 Å². The van der Waals surface area contributed by atoms with Crippen molar-refractivity contribution in [2.45, 2.75) is 19.9 Å². The quantitative estimate of drug-likeness (QED) is 0.611. The highest BCUT2D eigenvalue weighted by Crippen LogP contribution is 2.29. The van der Waals surface area contributed by atoms with Crippen LogP contribution in [0.15, 0.2) is 55.0 Å². The van der Waals surface area contributed by atoms with Gasteiger partial charge in [0.05, 0.1) is 24.0 Å². The summed E-state index contributed by atoms with van der Waals surface area (Å²) in [5.74, 6) is 1.34. The fourth-order valence-corrected chi connectivity index (χ4v) is 3.20. The first kappa shape index (κ1) is 18.7. The number of aromatic nitrogens is 2. The number of benzene rings is 1. The summed E-state index contributed by atoms with van der Waals surface area (Å²) in [6, 6.07) is 11.6. The molecule has 1 aliphatic rings. The second kappa shape index (κ2) is 8.18. The van der Waals surface area contributed by atoms with Crippen molar-refractivity contribution in [3.63, 3.8) is 0 Å². The zero-order valence-corrected chi connectivity index (χ0v) is 16.4. The van der Waals surface area contributed by atoms with Gasteiger partial charge in [-0.25, -0.2) is 4.98 Å². The van der Waals surface area contributed by atoms with Crippen LogP contribution in [0.1, 0.15) is 34.5 Å². The molecule has 0 unspecified atom stereocenters. The van der Waals surface area contributed by atoms with Gasteiger partial charge in [0.1, 0.15) is 6.61 Å². The SMILES string of the molecule is Cc1cncc(C(=O)Nc2cccc([C@H](C)Nc3cnc4c(c3)OCCN4)c2)c1. The molecule has 1 atom stereocenters. The summed E-state index contributed by atoms with van der Waals surface area (Å²) in [5.41, 5.74) is 4.14. The molecule has 148 valence electrons. The molecule has 7 nitrogen and oxygen atoms in total. The van der Waals surface area contributed by atoms with Crippen LogP contribution in [-0.4, -0.2) is 29.0 Å². The van der Waals surface area contributed by atoms with Gasteiger partial charge in [0, 0.05) is 30.2 Å². The lowest BCUT2D eigenvalue weighted by atomic mass is 10.1. The van der Waals surface area contributed by atoms with Crippen LogP contribution in [0.3, 0.4) is 0 Å². The maximum absolute atomic E-state index is 12.5. The molecule has 0 saturated carbocycles. The number of rotatable bonds is 5. The largest absolute Gasteiger partial charge is 0.488 e. The van der Waals surface area contributed by atoms with Crippen molar-refractivity contribution < 1.29 is 9.53 Å². The Kier molecular flexibility index (Phi) is 5.29. The van der Waals surface area contributed by atoms with Gasteiger partial charge in [-0.3, -0.25) is 9.78 Å². The van der Waals surface area contributed by atoms with Gasteiger partial charge in [0.25, 0.3) is 5.91 Å². The predicted octanol–water partition coefficient (Wildman–Crippen LogP) is 4.01. The molecular weight excluding hydrogens is 366 g/mol. The topological polar surface area (TPSA) is 88.2 Å². The molecule has 0 bridgehead atoms. The number of nitrogens with zero attached hydrogens (tertiary/aromatic N) is 2. The van der Waals surface area contributed by atoms with E-state index in [0.717, 1.165) is 40.6 Å². The van der Waals surface area contributed by atoms with Gasteiger partial charge in [-0.05, 0) is 43.2 Å². The highest BCUT2D eigenvalue weighted by atomic mass is 16.5. The Labute approximate surface area is 169 Å². The van der Waals surface area contributed by atoms with E-state index in [1.807, 2.05) is 43.3 Å². The molecular formula is C22H23N5O2. The molecule has 3 heterocycles. The van der Waals surface area contributed by atoms with Crippen LogP contribution in [0, 0.1) is 6.92 Å². The first-order valence-corrected chi connectivity index (χ1v) is 9.55. The van der Waals surface area contributed by atoms with Crippen molar-refractivity contribution in [1.82, 2.24) is 9.97 Å². The summed E-state index contributed by atoms with van der Waals surface area (Å²) in [6.45, 7) is 5.37. The van der Waals surface area contributed by atoms with Gasteiger partial charge in [-0.2, -0.15) is 0 Å². The maximum atomic E-state index is 12.5. The zero-order valence-electron chi connectivity index (χ0n) is 16.4. The van der Waals surface area contributed by atoms with Crippen LogP contribution in [0.5, 0.6) is 5.75 Å². The van der Waals surface area contributed by atoms with Crippen LogP contribution in [0.2, 0.25) is 0 Å². The van der Waals surface area contributed by atoms with Crippen molar-refractivity contribution in [2.75, 3.05) is 29.1 Å². The smallest absolute Gasteiger partial charge is 0.257 e. The van der Waals surface area contributed by atoms with E-state index in [1.165, 1.54) is 0 Å². The van der Waals surface area contributed by atoms with E-state index >= 15 is 0 Å². The zero-order chi connectivity index (χ0) is 20.2. The Morgan fingerprint density at radius 1 is 1.17 bits per heavy atom. The predicted molar refractivity (Wildman–Crippen MR) is 114 cm³/mol. The minimum atomic E-state index is -0.178. The van der Waals surface area contributed by atoms with Crippen molar-refractivity contribution in [2.24, 2.45) is 0 Å². The van der Waals surface area contributed by atoms with Gasteiger partial charge < -0.3 is 20.7 Å². The van der Waals surface area contributed by atoms with Gasteiger partial charge in [0.2, 0.25) is 0 Å². The van der Waals surface area contributed by atoms with Crippen LogP contribution >= 0.6 is 0 Å². The first-order chi connectivity index (χ1) is 14.1. The summed E-state index contributed by atoms with van der Waals surface area (Å²) < 4.78 is 5.65. The number of anilines is 3. The Balaban J connectivity index is 1.46. The van der Waals surface area contributed by atoms with Gasteiger partial charge in [-0.15, -0.1) is 0 Å². The lowest BCUT2D eigenvalue weighted by Gasteiger charge is -2.21. The number of fused-ring (bicyclic) bond motifs is 1. The number of nitrogens with one attached hydrogen (secondary N) is 3. The van der Waals surface area contributed by atoms with Gasteiger partial charge in [0.15, 0.2) is 11.6 Å². The van der Waals surface area contributed by atoms with E-state index in [0.29, 0.717) is 12.2 Å². The van der Waals surface area contributed by atoms with Crippen molar-refractivity contribution >= 4 is 23.1 Å². The first-order valence-electron chi connectivity index (χ1n) is 9.55. The monoisotopic (exact) mass is 389 g/mol. The summed E-state index contributed by atoms with van der Waals surface area (Å²) in [5, 5.41) is 9.58. The number of carbonyl (C=O) groups is 1. The Morgan fingerprint density at radius 2 is 2.07 bits per heavy atom. The summed E-state index contributed by atoms with van der Waals surface area (Å²) in [4.78, 5) is 21.0. The van der Waals surface area contributed by atoms with Crippen molar-refractivity contribution in [3.05, 3.63) is 71.7 Å². The number of ether oxygens (including phenoxy) is 1. The molecule has 4 rings (SSSR count). The lowest BCUT2D eigenvalue weighted by Crippen LogP contribution is -2.19. The van der Waals surface area contributed by atoms with E-state index in [-0.39, 0.29) is 11.9 Å². The standard InChI is InChI=1S/C22H23N5O2/c1-14-8-17(12-23-11-14)22(28)27-18-5-3-4-16(9-18)15(2)26-19-10-20-21(25-13-19)24-6-7-29-20/h3-5,8-13,15,26H,6-7H2,1-2H3,(H,24,25)(H,27,28)/t15-/m0/s1. The minimum absolute atomic E-state index is 0.0175. The second-order valence-electron chi connectivity index (χ2n) is 7.04. The normalized spacial score (nSPS) is 13.4. The number of amides is 1. The van der Waals surface area contributed by atoms with Crippen molar-refractivity contribution in [1.29, 1.82) is 0 Å². The number of hydrogen-bond acceptors (Lipinski definition) is 6. The molecule has 0 saturated heterocycles. The highest BCUT2D eigenvalue weighted by molar-refractivity contribution is 6.04. The molecule has 1 aromatic carbocycles. The highest BCUT2D eigenvalue weighted by Gasteiger charge is 2.14. The lowest BCUT2D eigenvalue weighted by molar-refractivity contribution is 0.102. The molecule has 29 heavy (non-hydrogen) atoms. The van der Waals surface area contributed by atoms with Crippen LogP contribution in [0.4, 0.5) is 17.2 Å². The molecule has 0 aliphatic carbocycles. The second-order valence-corrected chi connectivity index (χ2v) is 7.04. The third-order valence-corrected chi connectivity index (χ3v) is 4.67. The summed E-state index contributed by atoms with van der Waals surface area (Å²) in [7, 11) is 0. The minimum Gasteiger partial charge on any atom is -0.488 e. The van der Waals surface area contributed by atoms with Crippen LogP contribution < -0.4 is 20.7 Å². The molecule has 3 N–H and O–H groups in total. The molecule has 3 aromatic rings. The molecule has 0 fully saturated rings. The van der Waals surface area contributed by atoms with Gasteiger partial charge in [-0.1, -0.05) is 12.1 Å². The Hall–Kier alpha value is -3.61. The molecule has 7 heteroatoms. The van der Waals surface area contributed by atoms with Crippen molar-refractivity contribution in [3.8, 4) is 5.75 Å². The molecule has 1 amide bonds. The van der Waals surface area contributed by atoms with E-state index in [9.17, 15) is 4.79 Å². The molecule has 1 aliphatic heterocycles. The fourth-order valence-electron chi connectivity index (χ4n) is 3.20. The summed E-state index contributed by atoms with van der Waals surface area (Å²) >= 11 is 0. The van der Waals surface area contributed by atoms with E-state index in [1.54, 1.807) is 18.6 Å². The van der Waals surface area contributed by atoms with E-state index < -0.39 is 0 Å². The van der Waals surface area contributed by atoms with Crippen LogP contribution in [-0.2, 0) is 0 Å². The van der Waals surface area contributed by atoms with E-state index in [4.69, 9.17) is 4.74 Å². The molecule has 0 spiro atoms. The number of hydrogen-bond donors (Lipinski definition) is 3. The summed E-state index contributed by atoms with van der Waals surface area (Å²) in [6.07, 6.45) is 5.07. The third kappa shape index (κ3) is 4.45. The number of pyridine rings is 2. The Bertz CT molecular complexity index is 1040. The average Bonchev–Trinajstić information content (AvgIpc) is 2.74. The number of aryl methyl sites for hydroxylation is 1. The fraction of sp³-hybridized carbons (Fsp3) is 0.227. The third-order valence-electron chi connectivity index (χ3n) is 4.67. The molecule has 0 radical (unpaired) electrons. The average molecular weight is 389 g/mol. The van der Waals surface area contributed by atoms with Crippen LogP contribution in [0.25, 0.3) is 0 Å².